The maximum absolute atomic E-state index is 12.9. The minimum Gasteiger partial charge on any atom is -0.497 e. The van der Waals surface area contributed by atoms with E-state index in [1.807, 2.05) is 42.5 Å². The Hall–Kier alpha value is -3.10. The van der Waals surface area contributed by atoms with Crippen LogP contribution in [-0.2, 0) is 6.54 Å². The van der Waals surface area contributed by atoms with Gasteiger partial charge in [-0.15, -0.1) is 0 Å². The molecule has 4 rings (SSSR count). The lowest BCUT2D eigenvalue weighted by Crippen LogP contribution is -2.24. The first-order chi connectivity index (χ1) is 13.7. The van der Waals surface area contributed by atoms with E-state index in [0.29, 0.717) is 23.9 Å². The van der Waals surface area contributed by atoms with Crippen molar-refractivity contribution in [1.29, 1.82) is 0 Å². The fourth-order valence-corrected chi connectivity index (χ4v) is 3.40. The quantitative estimate of drug-likeness (QED) is 0.670. The molecule has 3 aromatic rings. The Kier molecular flexibility index (Phi) is 5.14. The Bertz CT molecular complexity index is 1020. The van der Waals surface area contributed by atoms with E-state index in [-0.39, 0.29) is 5.69 Å². The second-order valence-electron chi connectivity index (χ2n) is 6.68. The van der Waals surface area contributed by atoms with Crippen LogP contribution in [0.4, 0.5) is 0 Å². The highest BCUT2D eigenvalue weighted by Gasteiger charge is 2.19. The molecular formula is C20H23N5O3. The van der Waals surface area contributed by atoms with Crippen molar-refractivity contribution in [2.75, 3.05) is 27.3 Å². The van der Waals surface area contributed by atoms with Crippen LogP contribution in [0.15, 0.2) is 53.6 Å². The molecule has 2 heterocycles. The van der Waals surface area contributed by atoms with Gasteiger partial charge in [-0.2, -0.15) is 5.10 Å². The summed E-state index contributed by atoms with van der Waals surface area (Å²) >= 11 is 0. The van der Waals surface area contributed by atoms with Crippen LogP contribution in [0.3, 0.4) is 0 Å². The van der Waals surface area contributed by atoms with E-state index in [4.69, 9.17) is 9.47 Å². The van der Waals surface area contributed by atoms with Gasteiger partial charge in [-0.25, -0.2) is 14.0 Å². The lowest BCUT2D eigenvalue weighted by molar-refractivity contribution is 0.411. The molecule has 1 fully saturated rings. The van der Waals surface area contributed by atoms with Crippen LogP contribution in [0.2, 0.25) is 0 Å². The Morgan fingerprint density at radius 1 is 1.11 bits per heavy atom. The number of methoxy groups -OCH3 is 2. The van der Waals surface area contributed by atoms with Crippen LogP contribution in [0.5, 0.6) is 11.5 Å². The zero-order chi connectivity index (χ0) is 19.5. The molecule has 0 atom stereocenters. The fourth-order valence-electron chi connectivity index (χ4n) is 3.40. The number of nitrogens with one attached hydrogen (secondary N) is 2. The number of ether oxygens (including phenoxy) is 2. The molecule has 2 N–H and O–H groups in total. The SMILES string of the molecule is COc1cccc(Cn2ncn(-c3ccc(C4CNNC4)cc3OC)c2=O)c1. The van der Waals surface area contributed by atoms with E-state index < -0.39 is 0 Å². The topological polar surface area (TPSA) is 82.3 Å². The van der Waals surface area contributed by atoms with Crippen LogP contribution in [0.25, 0.3) is 5.69 Å². The van der Waals surface area contributed by atoms with Gasteiger partial charge in [0, 0.05) is 19.0 Å². The Morgan fingerprint density at radius 2 is 1.93 bits per heavy atom. The monoisotopic (exact) mass is 381 g/mol. The summed E-state index contributed by atoms with van der Waals surface area (Å²) in [5.41, 5.74) is 8.81. The average Bonchev–Trinajstić information content (AvgIpc) is 3.39. The zero-order valence-electron chi connectivity index (χ0n) is 15.9. The van der Waals surface area contributed by atoms with E-state index in [0.717, 1.165) is 30.0 Å². The molecule has 1 saturated heterocycles. The number of nitrogens with zero attached hydrogens (tertiary/aromatic N) is 3. The van der Waals surface area contributed by atoms with Crippen LogP contribution >= 0.6 is 0 Å². The Balaban J connectivity index is 1.64. The maximum atomic E-state index is 12.9. The largest absolute Gasteiger partial charge is 0.497 e. The van der Waals surface area contributed by atoms with E-state index in [1.165, 1.54) is 15.6 Å². The van der Waals surface area contributed by atoms with Gasteiger partial charge in [-0.1, -0.05) is 18.2 Å². The third-order valence-corrected chi connectivity index (χ3v) is 4.96. The first-order valence-corrected chi connectivity index (χ1v) is 9.11. The van der Waals surface area contributed by atoms with E-state index in [1.54, 1.807) is 14.2 Å². The number of hydrazine groups is 1. The van der Waals surface area contributed by atoms with Gasteiger partial charge in [-0.3, -0.25) is 10.9 Å². The molecule has 0 bridgehead atoms. The van der Waals surface area contributed by atoms with E-state index >= 15 is 0 Å². The molecule has 8 nitrogen and oxygen atoms in total. The molecule has 0 radical (unpaired) electrons. The zero-order valence-corrected chi connectivity index (χ0v) is 15.9. The van der Waals surface area contributed by atoms with Gasteiger partial charge in [-0.05, 0) is 35.4 Å². The van der Waals surface area contributed by atoms with Gasteiger partial charge in [0.2, 0.25) is 0 Å². The molecule has 0 aliphatic carbocycles. The van der Waals surface area contributed by atoms with Gasteiger partial charge >= 0.3 is 5.69 Å². The normalized spacial score (nSPS) is 14.4. The van der Waals surface area contributed by atoms with Crippen LogP contribution < -0.4 is 26.0 Å². The molecule has 28 heavy (non-hydrogen) atoms. The van der Waals surface area contributed by atoms with Gasteiger partial charge in [0.15, 0.2) is 0 Å². The predicted octanol–water partition coefficient (Wildman–Crippen LogP) is 1.29. The van der Waals surface area contributed by atoms with Gasteiger partial charge in [0.1, 0.15) is 17.8 Å². The molecule has 1 aliphatic rings. The van der Waals surface area contributed by atoms with Gasteiger partial charge in [0.25, 0.3) is 0 Å². The first-order valence-electron chi connectivity index (χ1n) is 9.11. The highest BCUT2D eigenvalue weighted by Crippen LogP contribution is 2.27. The third kappa shape index (κ3) is 3.51. The van der Waals surface area contributed by atoms with Crippen molar-refractivity contribution in [2.45, 2.75) is 12.5 Å². The Labute approximate surface area is 162 Å². The molecule has 146 valence electrons. The summed E-state index contributed by atoms with van der Waals surface area (Å²) in [6.07, 6.45) is 1.53. The van der Waals surface area contributed by atoms with Gasteiger partial charge in [0.05, 0.1) is 26.5 Å². The third-order valence-electron chi connectivity index (χ3n) is 4.96. The van der Waals surface area contributed by atoms with Crippen molar-refractivity contribution in [3.8, 4) is 17.2 Å². The van der Waals surface area contributed by atoms with Crippen LogP contribution in [0, 0.1) is 0 Å². The van der Waals surface area contributed by atoms with Gasteiger partial charge < -0.3 is 9.47 Å². The van der Waals surface area contributed by atoms with Crippen molar-refractivity contribution < 1.29 is 9.47 Å². The minimum atomic E-state index is -0.224. The summed E-state index contributed by atoms with van der Waals surface area (Å²) in [5, 5.41) is 4.27. The van der Waals surface area contributed by atoms with Crippen molar-refractivity contribution in [2.24, 2.45) is 0 Å². The molecular weight excluding hydrogens is 358 g/mol. The molecule has 8 heteroatoms. The summed E-state index contributed by atoms with van der Waals surface area (Å²) in [4.78, 5) is 12.9. The van der Waals surface area contributed by atoms with E-state index in [9.17, 15) is 4.79 Å². The summed E-state index contributed by atoms with van der Waals surface area (Å²) < 4.78 is 13.7. The Morgan fingerprint density at radius 3 is 2.68 bits per heavy atom. The molecule has 0 saturated carbocycles. The second-order valence-corrected chi connectivity index (χ2v) is 6.68. The van der Waals surface area contributed by atoms with E-state index in [2.05, 4.69) is 16.0 Å². The molecule has 1 aromatic heterocycles. The van der Waals surface area contributed by atoms with Crippen LogP contribution in [0.1, 0.15) is 17.0 Å². The van der Waals surface area contributed by atoms with Crippen molar-refractivity contribution in [3.63, 3.8) is 0 Å². The second kappa shape index (κ2) is 7.87. The van der Waals surface area contributed by atoms with Crippen molar-refractivity contribution >= 4 is 0 Å². The molecule has 0 spiro atoms. The molecule has 1 aliphatic heterocycles. The number of benzene rings is 2. The molecule has 0 amide bonds. The van der Waals surface area contributed by atoms with Crippen molar-refractivity contribution in [1.82, 2.24) is 25.2 Å². The number of hydrogen-bond acceptors (Lipinski definition) is 6. The minimum absolute atomic E-state index is 0.224. The highest BCUT2D eigenvalue weighted by atomic mass is 16.5. The lowest BCUT2D eigenvalue weighted by Gasteiger charge is -2.13. The predicted molar refractivity (Wildman–Crippen MR) is 105 cm³/mol. The number of hydrogen-bond donors (Lipinski definition) is 2. The first kappa shape index (κ1) is 18.3. The number of rotatable bonds is 6. The number of aromatic nitrogens is 3. The highest BCUT2D eigenvalue weighted by molar-refractivity contribution is 5.49. The smallest absolute Gasteiger partial charge is 0.350 e. The molecule has 0 unspecified atom stereocenters. The lowest BCUT2D eigenvalue weighted by atomic mass is 9.99. The fraction of sp³-hybridized carbons (Fsp3) is 0.300. The summed E-state index contributed by atoms with van der Waals surface area (Å²) in [6.45, 7) is 2.09. The molecule has 2 aromatic carbocycles. The summed E-state index contributed by atoms with van der Waals surface area (Å²) in [7, 11) is 3.23. The summed E-state index contributed by atoms with van der Waals surface area (Å²) in [6, 6.07) is 13.5. The summed E-state index contributed by atoms with van der Waals surface area (Å²) in [5.74, 6) is 1.76. The maximum Gasteiger partial charge on any atom is 0.350 e. The van der Waals surface area contributed by atoms with Crippen LogP contribution in [-0.4, -0.2) is 41.7 Å². The standard InChI is InChI=1S/C20H23N5O3/c1-27-17-5-3-4-14(8-17)12-25-20(26)24(13-23-25)18-7-6-15(9-19(18)28-2)16-10-21-22-11-16/h3-9,13,16,21-22H,10-12H2,1-2H3. The van der Waals surface area contributed by atoms with Crippen molar-refractivity contribution in [3.05, 3.63) is 70.4 Å². The average molecular weight is 381 g/mol.